The smallest absolute Gasteiger partial charge is 0.257 e. The van der Waals surface area contributed by atoms with E-state index in [4.69, 9.17) is 9.47 Å². The summed E-state index contributed by atoms with van der Waals surface area (Å²) in [4.78, 5) is 29.5. The molecule has 0 unspecified atom stereocenters. The van der Waals surface area contributed by atoms with Crippen LogP contribution < -0.4 is 9.47 Å². The van der Waals surface area contributed by atoms with E-state index in [1.165, 1.54) is 0 Å². The molecule has 7 heteroatoms. The molecule has 2 saturated heterocycles. The maximum Gasteiger partial charge on any atom is 0.257 e. The summed E-state index contributed by atoms with van der Waals surface area (Å²) in [6.45, 7) is 4.70. The van der Waals surface area contributed by atoms with Crippen LogP contribution in [0.3, 0.4) is 0 Å². The lowest BCUT2D eigenvalue weighted by molar-refractivity contribution is -0.134. The fraction of sp³-hybridized carbons (Fsp3) is 0.680. The van der Waals surface area contributed by atoms with Gasteiger partial charge in [0.05, 0.1) is 18.8 Å². The first-order valence-electron chi connectivity index (χ1n) is 12.1. The largest absolute Gasteiger partial charge is 0.497 e. The number of benzene rings is 1. The summed E-state index contributed by atoms with van der Waals surface area (Å²) >= 11 is 0. The predicted octanol–water partition coefficient (Wildman–Crippen LogP) is 3.10. The lowest BCUT2D eigenvalue weighted by Crippen LogP contribution is -2.43. The molecule has 0 radical (unpaired) electrons. The quantitative estimate of drug-likeness (QED) is 0.699. The number of aliphatic hydroxyl groups excluding tert-OH is 1. The third-order valence-corrected chi connectivity index (χ3v) is 7.18. The summed E-state index contributed by atoms with van der Waals surface area (Å²) in [5.41, 5.74) is 0.523. The monoisotopic (exact) mass is 444 g/mol. The van der Waals surface area contributed by atoms with Crippen molar-refractivity contribution in [2.24, 2.45) is 11.8 Å². The second-order valence-corrected chi connectivity index (χ2v) is 9.38. The molecule has 4 rings (SSSR count). The van der Waals surface area contributed by atoms with Gasteiger partial charge in [0.1, 0.15) is 17.6 Å². The van der Waals surface area contributed by atoms with Crippen LogP contribution in [0, 0.1) is 11.8 Å². The first-order chi connectivity index (χ1) is 15.5. The number of rotatable bonds is 7. The van der Waals surface area contributed by atoms with Gasteiger partial charge in [-0.2, -0.15) is 0 Å². The van der Waals surface area contributed by atoms with Crippen LogP contribution in [-0.4, -0.2) is 72.2 Å². The van der Waals surface area contributed by atoms with E-state index in [2.05, 4.69) is 0 Å². The molecule has 1 N–H and O–H groups in total. The normalized spacial score (nSPS) is 21.3. The number of aliphatic hydroxyl groups is 1. The van der Waals surface area contributed by atoms with E-state index in [0.717, 1.165) is 44.9 Å². The lowest BCUT2D eigenvalue weighted by atomic mass is 9.89. The minimum absolute atomic E-state index is 0.0105. The Bertz CT molecular complexity index is 809. The van der Waals surface area contributed by atoms with Gasteiger partial charge >= 0.3 is 0 Å². The van der Waals surface area contributed by atoms with E-state index in [1.54, 1.807) is 13.2 Å². The fourth-order valence-electron chi connectivity index (χ4n) is 4.86. The third kappa shape index (κ3) is 5.20. The molecule has 3 aliphatic rings. The molecule has 176 valence electrons. The number of ether oxygens (including phenoxy) is 2. The highest BCUT2D eigenvalue weighted by atomic mass is 16.5. The average Bonchev–Trinajstić information content (AvgIpc) is 3.69. The van der Waals surface area contributed by atoms with Gasteiger partial charge in [0.25, 0.3) is 5.91 Å². The van der Waals surface area contributed by atoms with Crippen molar-refractivity contribution in [2.45, 2.75) is 64.1 Å². The lowest BCUT2D eigenvalue weighted by Gasteiger charge is -2.35. The summed E-state index contributed by atoms with van der Waals surface area (Å²) in [7, 11) is 1.59. The van der Waals surface area contributed by atoms with Gasteiger partial charge in [-0.25, -0.2) is 0 Å². The van der Waals surface area contributed by atoms with Crippen molar-refractivity contribution in [2.75, 3.05) is 33.3 Å². The van der Waals surface area contributed by atoms with Crippen molar-refractivity contribution in [3.05, 3.63) is 23.8 Å². The van der Waals surface area contributed by atoms with Crippen molar-refractivity contribution >= 4 is 11.8 Å². The van der Waals surface area contributed by atoms with Gasteiger partial charge in [0, 0.05) is 44.9 Å². The molecule has 2 aliphatic heterocycles. The van der Waals surface area contributed by atoms with Crippen LogP contribution in [0.15, 0.2) is 18.2 Å². The molecule has 1 atom stereocenters. The van der Waals surface area contributed by atoms with E-state index in [0.29, 0.717) is 49.1 Å². The Labute approximate surface area is 190 Å². The van der Waals surface area contributed by atoms with Crippen molar-refractivity contribution < 1.29 is 24.2 Å². The zero-order valence-corrected chi connectivity index (χ0v) is 19.3. The molecule has 1 aromatic carbocycles. The Balaban J connectivity index is 1.40. The molecule has 1 aromatic rings. The molecule has 2 heterocycles. The van der Waals surface area contributed by atoms with Crippen LogP contribution in [0.4, 0.5) is 0 Å². The topological polar surface area (TPSA) is 79.3 Å². The number of nitrogens with zero attached hydrogens (tertiary/aromatic N) is 2. The van der Waals surface area contributed by atoms with Gasteiger partial charge in [0.15, 0.2) is 0 Å². The molecule has 3 fully saturated rings. The van der Waals surface area contributed by atoms with Crippen LogP contribution in [0.25, 0.3) is 0 Å². The molecule has 32 heavy (non-hydrogen) atoms. The molecule has 1 aliphatic carbocycles. The Morgan fingerprint density at radius 1 is 1.03 bits per heavy atom. The molecule has 0 spiro atoms. The number of hydrogen-bond acceptors (Lipinski definition) is 5. The van der Waals surface area contributed by atoms with E-state index >= 15 is 0 Å². The van der Waals surface area contributed by atoms with Gasteiger partial charge in [-0.1, -0.05) is 6.92 Å². The first kappa shape index (κ1) is 22.9. The zero-order valence-electron chi connectivity index (χ0n) is 19.3. The number of hydrogen-bond donors (Lipinski definition) is 1. The number of methoxy groups -OCH3 is 1. The fourth-order valence-corrected chi connectivity index (χ4v) is 4.86. The Morgan fingerprint density at radius 2 is 1.69 bits per heavy atom. The maximum absolute atomic E-state index is 13.4. The summed E-state index contributed by atoms with van der Waals surface area (Å²) in [5.74, 6) is 1.96. The molecular weight excluding hydrogens is 408 g/mol. The third-order valence-electron chi connectivity index (χ3n) is 7.18. The Morgan fingerprint density at radius 3 is 2.28 bits per heavy atom. The van der Waals surface area contributed by atoms with E-state index in [1.807, 2.05) is 28.9 Å². The van der Waals surface area contributed by atoms with Crippen LogP contribution in [0.5, 0.6) is 11.5 Å². The predicted molar refractivity (Wildman–Crippen MR) is 121 cm³/mol. The first-order valence-corrected chi connectivity index (χ1v) is 12.1. The highest BCUT2D eigenvalue weighted by molar-refractivity contribution is 5.97. The molecule has 7 nitrogen and oxygen atoms in total. The highest BCUT2D eigenvalue weighted by Gasteiger charge is 2.35. The summed E-state index contributed by atoms with van der Waals surface area (Å²) in [6.07, 6.45) is 5.68. The van der Waals surface area contributed by atoms with Gasteiger partial charge in [-0.05, 0) is 56.2 Å². The number of piperidine rings is 2. The highest BCUT2D eigenvalue weighted by Crippen LogP contribution is 2.33. The Hall–Kier alpha value is -2.28. The van der Waals surface area contributed by atoms with Crippen molar-refractivity contribution in [1.82, 2.24) is 9.80 Å². The standard InChI is InChI=1S/C25H36N2O5/c1-3-22(28)17-8-12-27(13-9-17)25(30)21-16-20(31-2)6-7-23(21)32-19-10-14-26(15-11-19)24(29)18-4-5-18/h6-7,16-19,22,28H,3-5,8-15H2,1-2H3/t22-/m1/s1. The van der Waals surface area contributed by atoms with Crippen LogP contribution in [0.1, 0.15) is 62.2 Å². The Kier molecular flexibility index (Phi) is 7.23. The van der Waals surface area contributed by atoms with Crippen molar-refractivity contribution in [3.63, 3.8) is 0 Å². The van der Waals surface area contributed by atoms with Gasteiger partial charge in [-0.15, -0.1) is 0 Å². The number of amides is 2. The van der Waals surface area contributed by atoms with Crippen molar-refractivity contribution in [3.8, 4) is 11.5 Å². The van der Waals surface area contributed by atoms with Gasteiger partial charge in [0.2, 0.25) is 5.91 Å². The molecule has 0 bridgehead atoms. The SMILES string of the molecule is CC[C@@H](O)C1CCN(C(=O)c2cc(OC)ccc2OC2CCN(C(=O)C3CC3)CC2)CC1. The number of carbonyl (C=O) groups excluding carboxylic acids is 2. The number of carbonyl (C=O) groups is 2. The van der Waals surface area contributed by atoms with E-state index in [9.17, 15) is 14.7 Å². The zero-order chi connectivity index (χ0) is 22.7. The second-order valence-electron chi connectivity index (χ2n) is 9.38. The van der Waals surface area contributed by atoms with Crippen LogP contribution in [-0.2, 0) is 4.79 Å². The molecular formula is C25H36N2O5. The molecule has 2 amide bonds. The average molecular weight is 445 g/mol. The second kappa shape index (κ2) is 10.1. The number of likely N-dealkylation sites (tertiary alicyclic amines) is 2. The van der Waals surface area contributed by atoms with Crippen molar-refractivity contribution in [1.29, 1.82) is 0 Å². The summed E-state index contributed by atoms with van der Waals surface area (Å²) in [5, 5.41) is 10.1. The van der Waals surface area contributed by atoms with Gasteiger partial charge in [-0.3, -0.25) is 9.59 Å². The van der Waals surface area contributed by atoms with E-state index in [-0.39, 0.29) is 30.0 Å². The molecule has 0 aromatic heterocycles. The van der Waals surface area contributed by atoms with Crippen LogP contribution >= 0.6 is 0 Å². The summed E-state index contributed by atoms with van der Waals surface area (Å²) < 4.78 is 11.7. The van der Waals surface area contributed by atoms with Gasteiger partial charge < -0.3 is 24.4 Å². The molecule has 1 saturated carbocycles. The minimum atomic E-state index is -0.291. The minimum Gasteiger partial charge on any atom is -0.497 e. The summed E-state index contributed by atoms with van der Waals surface area (Å²) in [6, 6.07) is 5.40. The van der Waals surface area contributed by atoms with Crippen LogP contribution in [0.2, 0.25) is 0 Å². The maximum atomic E-state index is 13.4. The van der Waals surface area contributed by atoms with E-state index < -0.39 is 0 Å².